The van der Waals surface area contributed by atoms with Crippen LogP contribution < -0.4 is 14.4 Å². The number of benzene rings is 3. The van der Waals surface area contributed by atoms with Gasteiger partial charge in [0.1, 0.15) is 16.5 Å². The van der Waals surface area contributed by atoms with Crippen molar-refractivity contribution in [1.82, 2.24) is 0 Å². The van der Waals surface area contributed by atoms with E-state index in [9.17, 15) is 17.6 Å². The van der Waals surface area contributed by atoms with Gasteiger partial charge in [-0.05, 0) is 36.4 Å². The monoisotopic (exact) mass is 414 g/mol. The molecule has 0 spiro atoms. The van der Waals surface area contributed by atoms with Crippen molar-refractivity contribution in [3.05, 3.63) is 84.2 Å². The maximum absolute atomic E-state index is 14.1. The van der Waals surface area contributed by atoms with Gasteiger partial charge in [0.25, 0.3) is 15.9 Å². The van der Waals surface area contributed by atoms with Crippen molar-refractivity contribution in [2.75, 3.05) is 23.8 Å². The maximum atomic E-state index is 14.1. The molecule has 0 aromatic heterocycles. The third-order valence-corrected chi connectivity index (χ3v) is 6.10. The molecule has 6 nitrogen and oxygen atoms in total. The van der Waals surface area contributed by atoms with Crippen LogP contribution in [0.15, 0.2) is 77.7 Å². The average molecular weight is 414 g/mol. The summed E-state index contributed by atoms with van der Waals surface area (Å²) in [5.74, 6) is -0.808. The topological polar surface area (TPSA) is 75.7 Å². The van der Waals surface area contributed by atoms with E-state index in [1.165, 1.54) is 44.5 Å². The van der Waals surface area contributed by atoms with Crippen molar-refractivity contribution in [2.24, 2.45) is 0 Å². The zero-order valence-electron chi connectivity index (χ0n) is 15.8. The Balaban J connectivity index is 1.96. The molecule has 0 unspecified atom stereocenters. The third kappa shape index (κ3) is 4.22. The van der Waals surface area contributed by atoms with Gasteiger partial charge < -0.3 is 10.1 Å². The van der Waals surface area contributed by atoms with Gasteiger partial charge in [-0.25, -0.2) is 12.8 Å². The minimum atomic E-state index is -4.20. The van der Waals surface area contributed by atoms with Crippen LogP contribution in [0.4, 0.5) is 15.8 Å². The zero-order valence-corrected chi connectivity index (χ0v) is 16.6. The Morgan fingerprint density at radius 3 is 2.41 bits per heavy atom. The van der Waals surface area contributed by atoms with Crippen molar-refractivity contribution in [3.63, 3.8) is 0 Å². The van der Waals surface area contributed by atoms with Crippen LogP contribution in [0.2, 0.25) is 0 Å². The number of halogens is 1. The molecule has 0 aliphatic rings. The van der Waals surface area contributed by atoms with Crippen LogP contribution in [-0.2, 0) is 10.0 Å². The van der Waals surface area contributed by atoms with Gasteiger partial charge in [-0.2, -0.15) is 0 Å². The number of para-hydroxylation sites is 1. The van der Waals surface area contributed by atoms with E-state index < -0.39 is 26.6 Å². The van der Waals surface area contributed by atoms with E-state index in [0.717, 1.165) is 10.4 Å². The lowest BCUT2D eigenvalue weighted by Gasteiger charge is -2.22. The van der Waals surface area contributed by atoms with Crippen LogP contribution in [0.1, 0.15) is 10.4 Å². The summed E-state index contributed by atoms with van der Waals surface area (Å²) >= 11 is 0. The summed E-state index contributed by atoms with van der Waals surface area (Å²) in [6, 6.07) is 18.1. The van der Waals surface area contributed by atoms with Crippen molar-refractivity contribution >= 4 is 27.3 Å². The molecule has 3 aromatic carbocycles. The predicted octanol–water partition coefficient (Wildman–Crippen LogP) is 3.91. The molecule has 1 amide bonds. The fourth-order valence-electron chi connectivity index (χ4n) is 2.77. The number of ether oxygens (including phenoxy) is 1. The van der Waals surface area contributed by atoms with Crippen molar-refractivity contribution < 1.29 is 22.3 Å². The molecular weight excluding hydrogens is 395 g/mol. The maximum Gasteiger partial charge on any atom is 0.267 e. The van der Waals surface area contributed by atoms with Crippen LogP contribution >= 0.6 is 0 Å². The highest BCUT2D eigenvalue weighted by Crippen LogP contribution is 2.28. The van der Waals surface area contributed by atoms with Gasteiger partial charge in [0.05, 0.1) is 18.4 Å². The lowest BCUT2D eigenvalue weighted by molar-refractivity contribution is 0.102. The number of methoxy groups -OCH3 is 1. The van der Waals surface area contributed by atoms with Crippen molar-refractivity contribution in [3.8, 4) is 5.75 Å². The first-order valence-electron chi connectivity index (χ1n) is 8.62. The average Bonchev–Trinajstić information content (AvgIpc) is 2.73. The lowest BCUT2D eigenvalue weighted by atomic mass is 10.1. The number of sulfonamides is 1. The highest BCUT2D eigenvalue weighted by atomic mass is 32.2. The van der Waals surface area contributed by atoms with Crippen LogP contribution in [0.25, 0.3) is 0 Å². The molecule has 150 valence electrons. The number of amides is 1. The minimum Gasteiger partial charge on any atom is -0.497 e. The summed E-state index contributed by atoms with van der Waals surface area (Å²) < 4.78 is 45.9. The van der Waals surface area contributed by atoms with Crippen LogP contribution in [-0.4, -0.2) is 28.5 Å². The first kappa shape index (κ1) is 20.3. The Hall–Kier alpha value is -3.39. The number of hydrogen-bond acceptors (Lipinski definition) is 4. The fourth-order valence-corrected chi connectivity index (χ4v) is 4.05. The smallest absolute Gasteiger partial charge is 0.267 e. The molecule has 0 saturated carbocycles. The second-order valence-electron chi connectivity index (χ2n) is 6.11. The molecule has 0 saturated heterocycles. The van der Waals surface area contributed by atoms with E-state index in [1.807, 2.05) is 0 Å². The molecule has 1 N–H and O–H groups in total. The summed E-state index contributed by atoms with van der Waals surface area (Å²) in [4.78, 5) is 12.4. The predicted molar refractivity (Wildman–Crippen MR) is 109 cm³/mol. The number of rotatable bonds is 6. The van der Waals surface area contributed by atoms with E-state index in [4.69, 9.17) is 4.74 Å². The third-order valence-electron chi connectivity index (χ3n) is 4.29. The Morgan fingerprint density at radius 1 is 1.00 bits per heavy atom. The summed E-state index contributed by atoms with van der Waals surface area (Å²) in [5.41, 5.74) is 0.734. The van der Waals surface area contributed by atoms with E-state index in [1.54, 1.807) is 36.4 Å². The fraction of sp³-hybridized carbons (Fsp3) is 0.0952. The highest BCUT2D eigenvalue weighted by molar-refractivity contribution is 7.92. The van der Waals surface area contributed by atoms with Gasteiger partial charge in [0, 0.05) is 18.8 Å². The number of carbonyl (C=O) groups is 1. The largest absolute Gasteiger partial charge is 0.497 e. The SMILES string of the molecule is COc1cccc(NC(=O)c2ccccc2N(C)S(=O)(=O)c2ccccc2F)c1. The van der Waals surface area contributed by atoms with Crippen LogP contribution in [0.5, 0.6) is 5.75 Å². The highest BCUT2D eigenvalue weighted by Gasteiger charge is 2.27. The van der Waals surface area contributed by atoms with Crippen LogP contribution in [0, 0.1) is 5.82 Å². The summed E-state index contributed by atoms with van der Waals surface area (Å²) in [5, 5.41) is 2.72. The molecule has 0 fully saturated rings. The Bertz CT molecular complexity index is 1150. The van der Waals surface area contributed by atoms with Crippen LogP contribution in [0.3, 0.4) is 0 Å². The second kappa shape index (κ2) is 8.32. The molecule has 3 rings (SSSR count). The van der Waals surface area contributed by atoms with Gasteiger partial charge in [0.2, 0.25) is 0 Å². The summed E-state index contributed by atoms with van der Waals surface area (Å²) in [7, 11) is -1.41. The molecular formula is C21H19FN2O4S. The zero-order chi connectivity index (χ0) is 21.0. The lowest BCUT2D eigenvalue weighted by Crippen LogP contribution is -2.29. The van der Waals surface area contributed by atoms with E-state index in [2.05, 4.69) is 5.32 Å². The molecule has 29 heavy (non-hydrogen) atoms. The molecule has 0 aliphatic heterocycles. The van der Waals surface area contributed by atoms with Gasteiger partial charge >= 0.3 is 0 Å². The quantitative estimate of drug-likeness (QED) is 0.664. The molecule has 0 heterocycles. The number of hydrogen-bond donors (Lipinski definition) is 1. The first-order valence-corrected chi connectivity index (χ1v) is 10.1. The standard InChI is InChI=1S/C21H19FN2O4S/c1-24(29(26,27)20-13-6-4-11-18(20)22)19-12-5-3-10-17(19)21(25)23-15-8-7-9-16(14-15)28-2/h3-14H,1-2H3,(H,23,25). The summed E-state index contributed by atoms with van der Waals surface area (Å²) in [6.07, 6.45) is 0. The number of carbonyl (C=O) groups excluding carboxylic acids is 1. The van der Waals surface area contributed by atoms with Gasteiger partial charge in [-0.15, -0.1) is 0 Å². The Morgan fingerprint density at radius 2 is 1.69 bits per heavy atom. The van der Waals surface area contributed by atoms with E-state index in [0.29, 0.717) is 11.4 Å². The molecule has 3 aromatic rings. The van der Waals surface area contributed by atoms with Crippen molar-refractivity contribution in [2.45, 2.75) is 4.90 Å². The number of nitrogens with zero attached hydrogens (tertiary/aromatic N) is 1. The second-order valence-corrected chi connectivity index (χ2v) is 8.04. The molecule has 0 atom stereocenters. The number of nitrogens with one attached hydrogen (secondary N) is 1. The van der Waals surface area contributed by atoms with Gasteiger partial charge in [-0.3, -0.25) is 9.10 Å². The molecule has 0 bridgehead atoms. The normalized spacial score (nSPS) is 11.0. The molecule has 0 radical (unpaired) electrons. The Labute approximate surface area is 168 Å². The Kier molecular flexibility index (Phi) is 5.84. The molecule has 8 heteroatoms. The summed E-state index contributed by atoms with van der Waals surface area (Å²) in [6.45, 7) is 0. The first-order chi connectivity index (χ1) is 13.8. The van der Waals surface area contributed by atoms with E-state index >= 15 is 0 Å². The van der Waals surface area contributed by atoms with Gasteiger partial charge in [-0.1, -0.05) is 30.3 Å². The minimum absolute atomic E-state index is 0.121. The van der Waals surface area contributed by atoms with Crippen molar-refractivity contribution in [1.29, 1.82) is 0 Å². The van der Waals surface area contributed by atoms with Gasteiger partial charge in [0.15, 0.2) is 0 Å². The van der Waals surface area contributed by atoms with E-state index in [-0.39, 0.29) is 11.3 Å². The number of anilines is 2. The molecule has 0 aliphatic carbocycles.